The van der Waals surface area contributed by atoms with E-state index >= 15 is 0 Å². The topological polar surface area (TPSA) is 237 Å². The number of carbonyl (C=O) groups is 4. The minimum absolute atomic E-state index is 0.106. The van der Waals surface area contributed by atoms with Gasteiger partial charge in [-0.25, -0.2) is 9.13 Å². The van der Waals surface area contributed by atoms with Gasteiger partial charge in [0.2, 0.25) is 0 Å². The molecule has 0 saturated carbocycles. The Morgan fingerprint density at radius 2 is 0.480 bits per heavy atom. The number of phosphoric acid groups is 2. The highest BCUT2D eigenvalue weighted by Crippen LogP contribution is 2.45. The average Bonchev–Trinajstić information content (AvgIpc) is 0.913. The molecule has 0 rings (SSSR count). The van der Waals surface area contributed by atoms with Crippen molar-refractivity contribution < 1.29 is 80.2 Å². The first-order chi connectivity index (χ1) is 48.2. The molecule has 17 nitrogen and oxygen atoms in total. The summed E-state index contributed by atoms with van der Waals surface area (Å²) in [4.78, 5) is 73.0. The fourth-order valence-electron chi connectivity index (χ4n) is 12.3. The number of hydrogen-bond donors (Lipinski definition) is 3. The van der Waals surface area contributed by atoms with Crippen molar-refractivity contribution in [3.05, 3.63) is 0 Å². The quantitative estimate of drug-likeness (QED) is 0.0222. The van der Waals surface area contributed by atoms with E-state index < -0.39 is 97.5 Å². The number of phosphoric ester groups is 2. The third-order valence-corrected chi connectivity index (χ3v) is 21.8. The van der Waals surface area contributed by atoms with Gasteiger partial charge in [0.15, 0.2) is 12.2 Å². The molecule has 19 heteroatoms. The van der Waals surface area contributed by atoms with Crippen LogP contribution in [0.3, 0.4) is 0 Å². The van der Waals surface area contributed by atoms with Crippen LogP contribution in [0.2, 0.25) is 0 Å². The molecule has 3 N–H and O–H groups in total. The second-order valence-corrected chi connectivity index (χ2v) is 33.3. The predicted molar refractivity (Wildman–Crippen MR) is 409 cm³/mol. The highest BCUT2D eigenvalue weighted by Gasteiger charge is 2.30. The normalized spacial score (nSPS) is 14.8. The Kier molecular flexibility index (Phi) is 68.7. The van der Waals surface area contributed by atoms with E-state index in [0.717, 1.165) is 120 Å². The number of unbranched alkanes of at least 4 members (excludes halogenated alkanes) is 41. The zero-order valence-corrected chi connectivity index (χ0v) is 67.6. The van der Waals surface area contributed by atoms with Gasteiger partial charge in [0, 0.05) is 25.7 Å². The van der Waals surface area contributed by atoms with Crippen LogP contribution in [-0.2, 0) is 65.4 Å². The molecule has 0 aromatic heterocycles. The molecule has 0 heterocycles. The molecule has 0 spiro atoms. The molecule has 8 atom stereocenters. The molecule has 0 aromatic carbocycles. The largest absolute Gasteiger partial charge is 0.472 e. The van der Waals surface area contributed by atoms with Gasteiger partial charge in [-0.15, -0.1) is 0 Å². The highest BCUT2D eigenvalue weighted by molar-refractivity contribution is 7.47. The first kappa shape index (κ1) is 98.1. The molecule has 0 radical (unpaired) electrons. The van der Waals surface area contributed by atoms with E-state index in [1.165, 1.54) is 212 Å². The second kappa shape index (κ2) is 70.1. The molecule has 100 heavy (non-hydrogen) atoms. The van der Waals surface area contributed by atoms with Crippen molar-refractivity contribution in [1.29, 1.82) is 0 Å². The summed E-state index contributed by atoms with van der Waals surface area (Å²) in [6, 6.07) is 0. The van der Waals surface area contributed by atoms with E-state index in [1.54, 1.807) is 0 Å². The maximum Gasteiger partial charge on any atom is 0.472 e. The summed E-state index contributed by atoms with van der Waals surface area (Å²) in [7, 11) is -9.92. The molecule has 594 valence electrons. The Morgan fingerprint density at radius 3 is 0.710 bits per heavy atom. The van der Waals surface area contributed by atoms with E-state index in [-0.39, 0.29) is 25.7 Å². The van der Waals surface area contributed by atoms with E-state index in [1.807, 2.05) is 0 Å². The van der Waals surface area contributed by atoms with Gasteiger partial charge in [-0.1, -0.05) is 364 Å². The Balaban J connectivity index is 5.20. The molecular formula is C81H158O17P2. The fourth-order valence-corrected chi connectivity index (χ4v) is 13.9. The number of aliphatic hydroxyl groups is 1. The van der Waals surface area contributed by atoms with E-state index in [4.69, 9.17) is 37.0 Å². The molecule has 0 aliphatic heterocycles. The highest BCUT2D eigenvalue weighted by atomic mass is 31.2. The van der Waals surface area contributed by atoms with Crippen molar-refractivity contribution >= 4 is 39.5 Å². The minimum atomic E-state index is -4.96. The summed E-state index contributed by atoms with van der Waals surface area (Å²) >= 11 is 0. The molecule has 0 amide bonds. The maximum absolute atomic E-state index is 13.1. The van der Waals surface area contributed by atoms with Gasteiger partial charge in [-0.3, -0.25) is 37.3 Å². The van der Waals surface area contributed by atoms with Crippen molar-refractivity contribution in [2.45, 2.75) is 433 Å². The Morgan fingerprint density at radius 1 is 0.280 bits per heavy atom. The smallest absolute Gasteiger partial charge is 0.462 e. The lowest BCUT2D eigenvalue weighted by Gasteiger charge is -2.21. The first-order valence-corrected chi connectivity index (χ1v) is 44.8. The summed E-state index contributed by atoms with van der Waals surface area (Å²) in [5, 5.41) is 10.6. The lowest BCUT2D eigenvalue weighted by Crippen LogP contribution is -2.30. The van der Waals surface area contributed by atoms with Crippen LogP contribution in [0.1, 0.15) is 415 Å². The molecule has 0 bridgehead atoms. The first-order valence-electron chi connectivity index (χ1n) is 41.8. The van der Waals surface area contributed by atoms with E-state index in [0.29, 0.717) is 25.7 Å². The number of esters is 4. The Labute approximate surface area is 613 Å². The summed E-state index contributed by atoms with van der Waals surface area (Å²) < 4.78 is 68.7. The van der Waals surface area contributed by atoms with Crippen molar-refractivity contribution in [2.75, 3.05) is 39.6 Å². The SMILES string of the molecule is CCC(C)CCCCCCCCCCCCCCCCCCCCC(=O)O[C@H](COC(=O)CCCCCCCCC(C)CC)COP(=O)(O)OC[C@H](O)COP(=O)(O)OC[C@@H](COC(=O)CCCCCCCCCCC(C)CC)OC(=O)CCCCCCCCCCCCCCCC(C)C. The fraction of sp³-hybridized carbons (Fsp3) is 0.951. The van der Waals surface area contributed by atoms with Crippen LogP contribution in [-0.4, -0.2) is 96.7 Å². The Hall–Kier alpha value is -1.94. The monoisotopic (exact) mass is 1470 g/mol. The number of hydrogen-bond acceptors (Lipinski definition) is 15. The summed E-state index contributed by atoms with van der Waals surface area (Å²) in [6.07, 6.45) is 56.9. The van der Waals surface area contributed by atoms with Crippen molar-refractivity contribution in [3.63, 3.8) is 0 Å². The minimum Gasteiger partial charge on any atom is -0.462 e. The van der Waals surface area contributed by atoms with Gasteiger partial charge in [0.05, 0.1) is 26.4 Å². The maximum atomic E-state index is 13.1. The number of aliphatic hydroxyl groups excluding tert-OH is 1. The van der Waals surface area contributed by atoms with E-state index in [2.05, 4.69) is 55.4 Å². The number of rotatable bonds is 78. The molecule has 5 unspecified atom stereocenters. The van der Waals surface area contributed by atoms with Gasteiger partial charge in [-0.2, -0.15) is 0 Å². The summed E-state index contributed by atoms with van der Waals surface area (Å²) in [6.45, 7) is 14.3. The number of ether oxygens (including phenoxy) is 4. The molecular weight excluding hydrogens is 1310 g/mol. The number of carbonyl (C=O) groups excluding carboxylic acids is 4. The lowest BCUT2D eigenvalue weighted by molar-refractivity contribution is -0.161. The van der Waals surface area contributed by atoms with Gasteiger partial charge in [0.25, 0.3) is 0 Å². The molecule has 0 aliphatic rings. The zero-order valence-electron chi connectivity index (χ0n) is 65.8. The predicted octanol–water partition coefficient (Wildman–Crippen LogP) is 24.0. The third kappa shape index (κ3) is 70.4. The van der Waals surface area contributed by atoms with Gasteiger partial charge in [-0.05, 0) is 49.4 Å². The molecule has 0 saturated heterocycles. The molecule has 0 aromatic rings. The van der Waals surface area contributed by atoms with Crippen molar-refractivity contribution in [2.24, 2.45) is 23.7 Å². The summed E-state index contributed by atoms with van der Waals surface area (Å²) in [5.41, 5.74) is 0. The van der Waals surface area contributed by atoms with Crippen LogP contribution >= 0.6 is 15.6 Å². The average molecular weight is 1470 g/mol. The molecule has 0 fully saturated rings. The zero-order chi connectivity index (χ0) is 73.8. The second-order valence-electron chi connectivity index (χ2n) is 30.4. The van der Waals surface area contributed by atoms with Crippen LogP contribution in [0.5, 0.6) is 0 Å². The standard InChI is InChI=1S/C81H158O17P2/c1-9-72(6)58-50-42-34-28-24-20-16-14-12-13-15-17-21-25-29-37-47-55-63-81(86)98-77(68-92-79(84)62-54-46-40-39-44-52-60-74(8)11-3)70-96-100(89,90)94-66-75(82)65-93-99(87,88)95-69-76(67-91-78(83)61-53-45-36-32-31-35-43-51-59-73(7)10-2)97-80(85)64-56-48-38-30-26-22-18-19-23-27-33-41-49-57-71(4)5/h71-77,82H,9-70H2,1-8H3,(H,87,88)(H,89,90)/t72?,73?,74?,75-,76-,77-/m1/s1. The lowest BCUT2D eigenvalue weighted by atomic mass is 9.99. The third-order valence-electron chi connectivity index (χ3n) is 19.9. The van der Waals surface area contributed by atoms with Gasteiger partial charge < -0.3 is 33.8 Å². The summed E-state index contributed by atoms with van der Waals surface area (Å²) in [5.74, 6) is 1.05. The van der Waals surface area contributed by atoms with Gasteiger partial charge in [0.1, 0.15) is 19.3 Å². The van der Waals surface area contributed by atoms with Crippen LogP contribution in [0.15, 0.2) is 0 Å². The van der Waals surface area contributed by atoms with Crippen molar-refractivity contribution in [3.8, 4) is 0 Å². The van der Waals surface area contributed by atoms with Crippen LogP contribution in [0, 0.1) is 23.7 Å². The van der Waals surface area contributed by atoms with E-state index in [9.17, 15) is 43.2 Å². The van der Waals surface area contributed by atoms with Crippen molar-refractivity contribution in [1.82, 2.24) is 0 Å². The van der Waals surface area contributed by atoms with Gasteiger partial charge >= 0.3 is 39.5 Å². The Bertz CT molecular complexity index is 1960. The van der Waals surface area contributed by atoms with Crippen LogP contribution in [0.25, 0.3) is 0 Å². The molecule has 0 aliphatic carbocycles. The van der Waals surface area contributed by atoms with Crippen LogP contribution < -0.4 is 0 Å². The van der Waals surface area contributed by atoms with Crippen LogP contribution in [0.4, 0.5) is 0 Å².